The first-order chi connectivity index (χ1) is 14.0. The van der Waals surface area contributed by atoms with Crippen LogP contribution in [0.4, 0.5) is 10.2 Å². The Morgan fingerprint density at radius 2 is 2.28 bits per heavy atom. The predicted octanol–water partition coefficient (Wildman–Crippen LogP) is 2.77. The average Bonchev–Trinajstić information content (AvgIpc) is 2.72. The number of nitrogens with one attached hydrogen (secondary N) is 1. The van der Waals surface area contributed by atoms with Crippen LogP contribution in [0.3, 0.4) is 0 Å². The minimum atomic E-state index is -0.329. The molecule has 1 saturated heterocycles. The number of aromatic nitrogens is 1. The summed E-state index contributed by atoms with van der Waals surface area (Å²) in [6.45, 7) is 5.77. The van der Waals surface area contributed by atoms with Crippen LogP contribution >= 0.6 is 11.8 Å². The van der Waals surface area contributed by atoms with Crippen molar-refractivity contribution in [2.45, 2.75) is 31.5 Å². The van der Waals surface area contributed by atoms with E-state index >= 15 is 0 Å². The maximum Gasteiger partial charge on any atom is 0.254 e. The number of aryl methyl sites for hydroxylation is 1. The highest BCUT2D eigenvalue weighted by Gasteiger charge is 2.26. The number of carbonyl (C=O) groups excluding carboxylic acids is 1. The number of ether oxygens (including phenoxy) is 1. The van der Waals surface area contributed by atoms with Crippen molar-refractivity contribution in [2.24, 2.45) is 0 Å². The Morgan fingerprint density at radius 3 is 3.00 bits per heavy atom. The third-order valence-electron chi connectivity index (χ3n) is 4.75. The average molecular weight is 420 g/mol. The van der Waals surface area contributed by atoms with Gasteiger partial charge in [-0.1, -0.05) is 19.1 Å². The zero-order chi connectivity index (χ0) is 20.8. The lowest BCUT2D eigenvalue weighted by molar-refractivity contribution is 0.0722. The lowest BCUT2D eigenvalue weighted by atomic mass is 10.1. The second kappa shape index (κ2) is 10.0. The topological polar surface area (TPSA) is 74.7 Å². The maximum absolute atomic E-state index is 13.4. The molecule has 156 valence electrons. The number of rotatable bonds is 7. The fourth-order valence-electron chi connectivity index (χ4n) is 3.32. The Morgan fingerprint density at radius 1 is 1.45 bits per heavy atom. The van der Waals surface area contributed by atoms with Gasteiger partial charge in [-0.25, -0.2) is 9.37 Å². The lowest BCUT2D eigenvalue weighted by Crippen LogP contribution is -2.48. The van der Waals surface area contributed by atoms with E-state index in [9.17, 15) is 14.3 Å². The van der Waals surface area contributed by atoms with Gasteiger partial charge in [-0.05, 0) is 42.0 Å². The van der Waals surface area contributed by atoms with Gasteiger partial charge < -0.3 is 20.1 Å². The van der Waals surface area contributed by atoms with Crippen LogP contribution in [-0.2, 0) is 11.3 Å². The number of aliphatic hydroxyl groups is 1. The molecule has 1 fully saturated rings. The first-order valence-corrected chi connectivity index (χ1v) is 10.6. The highest BCUT2D eigenvalue weighted by atomic mass is 32.2. The van der Waals surface area contributed by atoms with Gasteiger partial charge in [-0.3, -0.25) is 4.79 Å². The number of hydrogen-bond donors (Lipinski definition) is 2. The minimum Gasteiger partial charge on any atom is -0.394 e. The molecule has 2 aromatic rings. The highest BCUT2D eigenvalue weighted by molar-refractivity contribution is 7.99. The van der Waals surface area contributed by atoms with E-state index in [1.807, 2.05) is 24.8 Å². The molecule has 0 spiro atoms. The number of nitrogens with zero attached hydrogens (tertiary/aromatic N) is 2. The van der Waals surface area contributed by atoms with E-state index in [1.165, 1.54) is 23.9 Å². The molecular formula is C21H26FN3O3S. The van der Waals surface area contributed by atoms with Crippen LogP contribution in [0.5, 0.6) is 0 Å². The van der Waals surface area contributed by atoms with Crippen molar-refractivity contribution in [2.75, 3.05) is 37.0 Å². The summed E-state index contributed by atoms with van der Waals surface area (Å²) in [5.74, 6) is 0.946. The third-order valence-corrected chi connectivity index (χ3v) is 5.61. The number of hydrogen-bond acceptors (Lipinski definition) is 6. The molecule has 0 radical (unpaired) electrons. The molecule has 1 amide bonds. The Balaban J connectivity index is 1.84. The summed E-state index contributed by atoms with van der Waals surface area (Å²) in [5.41, 5.74) is 2.04. The molecule has 1 aliphatic rings. The smallest absolute Gasteiger partial charge is 0.254 e. The number of amides is 1. The molecule has 1 aromatic carbocycles. The first kappa shape index (κ1) is 21.5. The molecule has 0 bridgehead atoms. The standard InChI is InChI=1S/C21H26FN3O3S/c1-3-29-21-19(20(27)23-11-15-5-4-6-16(22)10-15)14(2)9-18(24-21)25-7-8-28-13-17(25)12-26/h4-6,9-10,17,26H,3,7-8,11-13H2,1-2H3,(H,23,27)/t17-/m1/s1. The molecule has 2 heterocycles. The van der Waals surface area contributed by atoms with Crippen LogP contribution < -0.4 is 10.2 Å². The van der Waals surface area contributed by atoms with Gasteiger partial charge in [-0.15, -0.1) is 11.8 Å². The molecule has 2 N–H and O–H groups in total. The van der Waals surface area contributed by atoms with Crippen LogP contribution in [0.1, 0.15) is 28.4 Å². The lowest BCUT2D eigenvalue weighted by Gasteiger charge is -2.36. The Kier molecular flexibility index (Phi) is 7.46. The quantitative estimate of drug-likeness (QED) is 0.673. The Labute approximate surface area is 174 Å². The van der Waals surface area contributed by atoms with Gasteiger partial charge >= 0.3 is 0 Å². The van der Waals surface area contributed by atoms with E-state index in [1.54, 1.807) is 12.1 Å². The zero-order valence-corrected chi connectivity index (χ0v) is 17.5. The van der Waals surface area contributed by atoms with Gasteiger partial charge in [0.05, 0.1) is 31.4 Å². The van der Waals surface area contributed by atoms with Crippen molar-refractivity contribution in [3.05, 3.63) is 52.8 Å². The van der Waals surface area contributed by atoms with E-state index in [2.05, 4.69) is 5.32 Å². The molecule has 1 aromatic heterocycles. The van der Waals surface area contributed by atoms with E-state index in [0.29, 0.717) is 35.9 Å². The normalized spacial score (nSPS) is 16.7. The highest BCUT2D eigenvalue weighted by Crippen LogP contribution is 2.29. The minimum absolute atomic E-state index is 0.0210. The largest absolute Gasteiger partial charge is 0.394 e. The van der Waals surface area contributed by atoms with Crippen molar-refractivity contribution in [1.82, 2.24) is 10.3 Å². The van der Waals surface area contributed by atoms with Crippen LogP contribution in [0, 0.1) is 12.7 Å². The summed E-state index contributed by atoms with van der Waals surface area (Å²) in [7, 11) is 0. The predicted molar refractivity (Wildman–Crippen MR) is 112 cm³/mol. The van der Waals surface area contributed by atoms with Crippen LogP contribution in [0.25, 0.3) is 0 Å². The van der Waals surface area contributed by atoms with Crippen molar-refractivity contribution in [1.29, 1.82) is 0 Å². The van der Waals surface area contributed by atoms with Crippen molar-refractivity contribution >= 4 is 23.5 Å². The van der Waals surface area contributed by atoms with Gasteiger partial charge in [0.15, 0.2) is 0 Å². The monoisotopic (exact) mass is 419 g/mol. The van der Waals surface area contributed by atoms with E-state index in [4.69, 9.17) is 9.72 Å². The molecule has 8 heteroatoms. The zero-order valence-electron chi connectivity index (χ0n) is 16.7. The SMILES string of the molecule is CCSc1nc(N2CCOC[C@H]2CO)cc(C)c1C(=O)NCc1cccc(F)c1. The molecule has 0 aliphatic carbocycles. The molecular weight excluding hydrogens is 393 g/mol. The van der Waals surface area contributed by atoms with Gasteiger partial charge in [0.2, 0.25) is 0 Å². The van der Waals surface area contributed by atoms with Gasteiger partial charge in [0.25, 0.3) is 5.91 Å². The van der Waals surface area contributed by atoms with Crippen LogP contribution in [0.15, 0.2) is 35.4 Å². The number of anilines is 1. The second-order valence-electron chi connectivity index (χ2n) is 6.83. The van der Waals surface area contributed by atoms with E-state index < -0.39 is 0 Å². The second-order valence-corrected chi connectivity index (χ2v) is 8.08. The number of thioether (sulfide) groups is 1. The van der Waals surface area contributed by atoms with Crippen molar-refractivity contribution < 1.29 is 19.0 Å². The van der Waals surface area contributed by atoms with Gasteiger partial charge in [-0.2, -0.15) is 0 Å². The number of morpholine rings is 1. The fraction of sp³-hybridized carbons (Fsp3) is 0.429. The molecule has 1 atom stereocenters. The Hall–Kier alpha value is -2.16. The summed E-state index contributed by atoms with van der Waals surface area (Å²) in [5, 5.41) is 13.2. The molecule has 29 heavy (non-hydrogen) atoms. The summed E-state index contributed by atoms with van der Waals surface area (Å²) in [4.78, 5) is 19.7. The van der Waals surface area contributed by atoms with Crippen LogP contribution in [0.2, 0.25) is 0 Å². The number of benzene rings is 1. The third kappa shape index (κ3) is 5.26. The number of pyridine rings is 1. The van der Waals surface area contributed by atoms with E-state index in [-0.39, 0.29) is 30.9 Å². The summed E-state index contributed by atoms with van der Waals surface area (Å²) >= 11 is 1.50. The van der Waals surface area contributed by atoms with Gasteiger partial charge in [0, 0.05) is 13.1 Å². The number of carbonyl (C=O) groups is 1. The maximum atomic E-state index is 13.4. The summed E-state index contributed by atoms with van der Waals surface area (Å²) in [6.07, 6.45) is 0. The summed E-state index contributed by atoms with van der Waals surface area (Å²) in [6, 6.07) is 7.90. The van der Waals surface area contributed by atoms with Gasteiger partial charge in [0.1, 0.15) is 16.7 Å². The Bertz CT molecular complexity index is 865. The molecule has 0 unspecified atom stereocenters. The molecule has 6 nitrogen and oxygen atoms in total. The summed E-state index contributed by atoms with van der Waals surface area (Å²) < 4.78 is 18.8. The fourth-order valence-corrected chi connectivity index (χ4v) is 4.15. The number of aliphatic hydroxyl groups excluding tert-OH is 1. The van der Waals surface area contributed by atoms with Crippen molar-refractivity contribution in [3.63, 3.8) is 0 Å². The molecule has 0 saturated carbocycles. The molecule has 3 rings (SSSR count). The van der Waals surface area contributed by atoms with E-state index in [0.717, 1.165) is 17.1 Å². The molecule has 1 aliphatic heterocycles. The number of halogens is 1. The van der Waals surface area contributed by atoms with Crippen molar-refractivity contribution in [3.8, 4) is 0 Å². The van der Waals surface area contributed by atoms with Crippen LogP contribution in [-0.4, -0.2) is 54.2 Å². The first-order valence-electron chi connectivity index (χ1n) is 9.65.